The van der Waals surface area contributed by atoms with Crippen molar-refractivity contribution in [3.05, 3.63) is 29.8 Å². The van der Waals surface area contributed by atoms with Gasteiger partial charge in [-0.1, -0.05) is 57.7 Å². The van der Waals surface area contributed by atoms with E-state index in [9.17, 15) is 4.79 Å². The van der Waals surface area contributed by atoms with Gasteiger partial charge in [-0.2, -0.15) is 0 Å². The number of anilines is 1. The van der Waals surface area contributed by atoms with E-state index < -0.39 is 0 Å². The summed E-state index contributed by atoms with van der Waals surface area (Å²) in [4.78, 5) is 11.9. The lowest BCUT2D eigenvalue weighted by Gasteiger charge is -2.25. The van der Waals surface area contributed by atoms with Crippen molar-refractivity contribution in [2.45, 2.75) is 53.4 Å². The van der Waals surface area contributed by atoms with Crippen molar-refractivity contribution in [3.63, 3.8) is 0 Å². The van der Waals surface area contributed by atoms with E-state index in [0.717, 1.165) is 12.2 Å². The molecular formula is C18H30N2O. The van der Waals surface area contributed by atoms with E-state index in [-0.39, 0.29) is 11.3 Å². The quantitative estimate of drug-likeness (QED) is 0.671. The Morgan fingerprint density at radius 1 is 1.14 bits per heavy atom. The topological polar surface area (TPSA) is 41.1 Å². The highest BCUT2D eigenvalue weighted by Crippen LogP contribution is 2.22. The maximum Gasteiger partial charge on any atom is 0.238 e. The van der Waals surface area contributed by atoms with Crippen LogP contribution < -0.4 is 10.6 Å². The first-order valence-electron chi connectivity index (χ1n) is 8.00. The van der Waals surface area contributed by atoms with Crippen LogP contribution in [0.25, 0.3) is 0 Å². The highest BCUT2D eigenvalue weighted by Gasteiger charge is 2.17. The van der Waals surface area contributed by atoms with Gasteiger partial charge in [0.05, 0.1) is 6.54 Å². The van der Waals surface area contributed by atoms with Crippen LogP contribution >= 0.6 is 0 Å². The predicted molar refractivity (Wildman–Crippen MR) is 90.6 cm³/mol. The molecule has 0 saturated carbocycles. The largest absolute Gasteiger partial charge is 0.325 e. The SMILES string of the molecule is CCCCCC(C)(C)CNCC(=O)Nc1ccc(C)cc1. The number of carbonyl (C=O) groups is 1. The van der Waals surface area contributed by atoms with Crippen molar-refractivity contribution in [2.24, 2.45) is 5.41 Å². The molecule has 0 unspecified atom stereocenters. The minimum atomic E-state index is 0.0169. The second-order valence-corrected chi connectivity index (χ2v) is 6.64. The maximum atomic E-state index is 11.9. The van der Waals surface area contributed by atoms with Gasteiger partial charge in [0.2, 0.25) is 5.91 Å². The normalized spacial score (nSPS) is 11.4. The number of amides is 1. The maximum absolute atomic E-state index is 11.9. The van der Waals surface area contributed by atoms with Crippen molar-refractivity contribution < 1.29 is 4.79 Å². The van der Waals surface area contributed by atoms with Crippen LogP contribution in [0, 0.1) is 12.3 Å². The molecule has 2 N–H and O–H groups in total. The third kappa shape index (κ3) is 7.86. The van der Waals surface area contributed by atoms with E-state index >= 15 is 0 Å². The third-order valence-corrected chi connectivity index (χ3v) is 3.68. The van der Waals surface area contributed by atoms with Crippen molar-refractivity contribution in [1.82, 2.24) is 5.32 Å². The van der Waals surface area contributed by atoms with E-state index in [2.05, 4.69) is 31.4 Å². The van der Waals surface area contributed by atoms with Gasteiger partial charge in [0.1, 0.15) is 0 Å². The Kier molecular flexibility index (Phi) is 7.44. The van der Waals surface area contributed by atoms with Crippen LogP contribution in [0.3, 0.4) is 0 Å². The average Bonchev–Trinajstić information content (AvgIpc) is 2.41. The van der Waals surface area contributed by atoms with Gasteiger partial charge in [-0.15, -0.1) is 0 Å². The molecule has 118 valence electrons. The fraction of sp³-hybridized carbons (Fsp3) is 0.611. The Labute approximate surface area is 129 Å². The van der Waals surface area contributed by atoms with Crippen molar-refractivity contribution >= 4 is 11.6 Å². The van der Waals surface area contributed by atoms with Gasteiger partial charge in [0, 0.05) is 12.2 Å². The van der Waals surface area contributed by atoms with Gasteiger partial charge < -0.3 is 10.6 Å². The zero-order valence-electron chi connectivity index (χ0n) is 14.0. The van der Waals surface area contributed by atoms with Crippen LogP contribution in [-0.2, 0) is 4.79 Å². The van der Waals surface area contributed by atoms with E-state index in [0.29, 0.717) is 6.54 Å². The Bertz CT molecular complexity index is 423. The lowest BCUT2D eigenvalue weighted by atomic mass is 9.87. The molecule has 21 heavy (non-hydrogen) atoms. The predicted octanol–water partition coefficient (Wildman–Crippen LogP) is 4.13. The van der Waals surface area contributed by atoms with E-state index in [1.165, 1.54) is 31.2 Å². The summed E-state index contributed by atoms with van der Waals surface area (Å²) in [6, 6.07) is 7.86. The summed E-state index contributed by atoms with van der Waals surface area (Å²) in [7, 11) is 0. The van der Waals surface area contributed by atoms with Crippen molar-refractivity contribution in [2.75, 3.05) is 18.4 Å². The van der Waals surface area contributed by atoms with Gasteiger partial charge in [0.25, 0.3) is 0 Å². The summed E-state index contributed by atoms with van der Waals surface area (Å²) in [5.41, 5.74) is 2.30. The van der Waals surface area contributed by atoms with E-state index in [4.69, 9.17) is 0 Å². The number of hydrogen-bond donors (Lipinski definition) is 2. The fourth-order valence-electron chi connectivity index (χ4n) is 2.30. The van der Waals surface area contributed by atoms with Crippen LogP contribution in [-0.4, -0.2) is 19.0 Å². The molecule has 0 aromatic heterocycles. The molecule has 0 heterocycles. The molecule has 3 heteroatoms. The first kappa shape index (κ1) is 17.7. The molecule has 0 aliphatic rings. The number of unbranched alkanes of at least 4 members (excludes halogenated alkanes) is 2. The molecule has 0 spiro atoms. The zero-order chi connectivity index (χ0) is 15.7. The number of rotatable bonds is 9. The third-order valence-electron chi connectivity index (χ3n) is 3.68. The Hall–Kier alpha value is -1.35. The standard InChI is InChI=1S/C18H30N2O/c1-5-6-7-12-18(3,4)14-19-13-17(21)20-16-10-8-15(2)9-11-16/h8-11,19H,5-7,12-14H2,1-4H3,(H,20,21). The fourth-order valence-corrected chi connectivity index (χ4v) is 2.30. The minimum absolute atomic E-state index is 0.0169. The van der Waals surface area contributed by atoms with Crippen LogP contribution in [0.15, 0.2) is 24.3 Å². The molecule has 1 aromatic carbocycles. The zero-order valence-corrected chi connectivity index (χ0v) is 14.0. The highest BCUT2D eigenvalue weighted by atomic mass is 16.1. The van der Waals surface area contributed by atoms with Crippen LogP contribution in [0.4, 0.5) is 5.69 Å². The van der Waals surface area contributed by atoms with E-state index in [1.54, 1.807) is 0 Å². The summed E-state index contributed by atoms with van der Waals surface area (Å²) in [6.07, 6.45) is 5.01. The van der Waals surface area contributed by atoms with Crippen LogP contribution in [0.1, 0.15) is 52.0 Å². The number of hydrogen-bond acceptors (Lipinski definition) is 2. The number of carbonyl (C=O) groups excluding carboxylic acids is 1. The molecule has 1 rings (SSSR count). The minimum Gasteiger partial charge on any atom is -0.325 e. The van der Waals surface area contributed by atoms with Crippen molar-refractivity contribution in [1.29, 1.82) is 0 Å². The second kappa shape index (κ2) is 8.83. The van der Waals surface area contributed by atoms with Gasteiger partial charge in [-0.3, -0.25) is 4.79 Å². The molecule has 1 aromatic rings. The Morgan fingerprint density at radius 3 is 2.43 bits per heavy atom. The second-order valence-electron chi connectivity index (χ2n) is 6.64. The number of benzene rings is 1. The summed E-state index contributed by atoms with van der Waals surface area (Å²) >= 11 is 0. The van der Waals surface area contributed by atoms with Gasteiger partial charge in [-0.05, 0) is 30.9 Å². The molecule has 0 bridgehead atoms. The number of aryl methyl sites for hydroxylation is 1. The molecule has 0 aliphatic carbocycles. The first-order chi connectivity index (χ1) is 9.93. The summed E-state index contributed by atoms with van der Waals surface area (Å²) in [5, 5.41) is 6.18. The average molecular weight is 290 g/mol. The van der Waals surface area contributed by atoms with Crippen LogP contribution in [0.5, 0.6) is 0 Å². The summed E-state index contributed by atoms with van der Waals surface area (Å²) < 4.78 is 0. The molecule has 0 aliphatic heterocycles. The highest BCUT2D eigenvalue weighted by molar-refractivity contribution is 5.92. The molecule has 1 amide bonds. The molecule has 0 saturated heterocycles. The first-order valence-corrected chi connectivity index (χ1v) is 8.00. The molecule has 0 fully saturated rings. The van der Waals surface area contributed by atoms with Crippen LogP contribution in [0.2, 0.25) is 0 Å². The summed E-state index contributed by atoms with van der Waals surface area (Å²) in [6.45, 7) is 10.0. The molecular weight excluding hydrogens is 260 g/mol. The lowest BCUT2D eigenvalue weighted by Crippen LogP contribution is -2.35. The van der Waals surface area contributed by atoms with Gasteiger partial charge >= 0.3 is 0 Å². The van der Waals surface area contributed by atoms with Gasteiger partial charge in [0.15, 0.2) is 0 Å². The number of nitrogens with one attached hydrogen (secondary N) is 2. The molecule has 0 radical (unpaired) electrons. The monoisotopic (exact) mass is 290 g/mol. The van der Waals surface area contributed by atoms with E-state index in [1.807, 2.05) is 31.2 Å². The Balaban J connectivity index is 2.25. The lowest BCUT2D eigenvalue weighted by molar-refractivity contribution is -0.115. The Morgan fingerprint density at radius 2 is 1.81 bits per heavy atom. The molecule has 3 nitrogen and oxygen atoms in total. The summed E-state index contributed by atoms with van der Waals surface area (Å²) in [5.74, 6) is 0.0169. The molecule has 0 atom stereocenters. The van der Waals surface area contributed by atoms with Gasteiger partial charge in [-0.25, -0.2) is 0 Å². The smallest absolute Gasteiger partial charge is 0.238 e. The van der Waals surface area contributed by atoms with Crippen molar-refractivity contribution in [3.8, 4) is 0 Å².